The Labute approximate surface area is 134 Å². The molecular weight excluding hydrogens is 309 g/mol. The summed E-state index contributed by atoms with van der Waals surface area (Å²) < 4.78 is 41.0. The van der Waals surface area contributed by atoms with Gasteiger partial charge in [-0.05, 0) is 30.9 Å². The molecule has 4 nitrogen and oxygen atoms in total. The lowest BCUT2D eigenvalue weighted by atomic mass is 9.94. The molecule has 0 bridgehead atoms. The number of nitrogens with two attached hydrogens (primary N) is 1. The number of rotatable bonds is 8. The predicted molar refractivity (Wildman–Crippen MR) is 82.0 cm³/mol. The van der Waals surface area contributed by atoms with Crippen LogP contribution in [0.3, 0.4) is 0 Å². The lowest BCUT2D eigenvalue weighted by molar-refractivity contribution is -0.274. The van der Waals surface area contributed by atoms with Gasteiger partial charge < -0.3 is 15.8 Å². The Morgan fingerprint density at radius 1 is 1.22 bits per heavy atom. The zero-order valence-corrected chi connectivity index (χ0v) is 13.4. The summed E-state index contributed by atoms with van der Waals surface area (Å²) in [7, 11) is 0. The number of benzene rings is 1. The summed E-state index contributed by atoms with van der Waals surface area (Å²) in [5, 5.41) is 2.74. The molecule has 1 aromatic rings. The van der Waals surface area contributed by atoms with Crippen LogP contribution in [0.5, 0.6) is 5.75 Å². The maximum atomic E-state index is 12.3. The Morgan fingerprint density at radius 2 is 1.83 bits per heavy atom. The number of aryl methyl sites for hydroxylation is 1. The molecule has 0 radical (unpaired) electrons. The molecule has 0 aromatic heterocycles. The van der Waals surface area contributed by atoms with E-state index >= 15 is 0 Å². The summed E-state index contributed by atoms with van der Waals surface area (Å²) in [6.07, 6.45) is -3.06. The van der Waals surface area contributed by atoms with Gasteiger partial charge in [0.05, 0.1) is 0 Å². The normalized spacial score (nSPS) is 12.1. The second-order valence-electron chi connectivity index (χ2n) is 5.50. The molecular formula is C16H23F3N2O2. The molecule has 0 spiro atoms. The van der Waals surface area contributed by atoms with Crippen molar-refractivity contribution in [2.75, 3.05) is 6.54 Å². The molecule has 3 N–H and O–H groups in total. The van der Waals surface area contributed by atoms with Crippen LogP contribution in [0.1, 0.15) is 38.7 Å². The number of halogens is 3. The van der Waals surface area contributed by atoms with Gasteiger partial charge in [0.1, 0.15) is 5.75 Å². The SMILES string of the molecule is CCC(N)(CC)CNC(=O)CCc1ccccc1OC(F)(F)F. The maximum Gasteiger partial charge on any atom is 0.573 e. The lowest BCUT2D eigenvalue weighted by Gasteiger charge is -2.26. The first-order chi connectivity index (χ1) is 10.7. The highest BCUT2D eigenvalue weighted by Gasteiger charge is 2.32. The van der Waals surface area contributed by atoms with Gasteiger partial charge in [-0.3, -0.25) is 4.79 Å². The van der Waals surface area contributed by atoms with Gasteiger partial charge in [-0.2, -0.15) is 0 Å². The minimum absolute atomic E-state index is 0.0712. The smallest absolute Gasteiger partial charge is 0.406 e. The highest BCUT2D eigenvalue weighted by atomic mass is 19.4. The molecule has 130 valence electrons. The number of carbonyl (C=O) groups is 1. The van der Waals surface area contributed by atoms with E-state index in [0.29, 0.717) is 12.1 Å². The number of nitrogens with one attached hydrogen (secondary N) is 1. The molecule has 0 heterocycles. The molecule has 0 unspecified atom stereocenters. The zero-order chi connectivity index (χ0) is 17.5. The fraction of sp³-hybridized carbons (Fsp3) is 0.562. The Hall–Kier alpha value is -1.76. The second-order valence-corrected chi connectivity index (χ2v) is 5.50. The largest absolute Gasteiger partial charge is 0.573 e. The van der Waals surface area contributed by atoms with Crippen LogP contribution in [0.4, 0.5) is 13.2 Å². The average Bonchev–Trinajstić information content (AvgIpc) is 2.50. The van der Waals surface area contributed by atoms with Gasteiger partial charge in [-0.1, -0.05) is 32.0 Å². The van der Waals surface area contributed by atoms with Crippen molar-refractivity contribution in [2.24, 2.45) is 5.73 Å². The van der Waals surface area contributed by atoms with Crippen molar-refractivity contribution in [3.05, 3.63) is 29.8 Å². The van der Waals surface area contributed by atoms with Gasteiger partial charge in [0.15, 0.2) is 0 Å². The quantitative estimate of drug-likeness (QED) is 0.769. The fourth-order valence-corrected chi connectivity index (χ4v) is 2.05. The molecule has 0 saturated carbocycles. The summed E-state index contributed by atoms with van der Waals surface area (Å²) in [6.45, 7) is 4.24. The molecule has 0 fully saturated rings. The van der Waals surface area contributed by atoms with Crippen molar-refractivity contribution >= 4 is 5.91 Å². The molecule has 1 aromatic carbocycles. The van der Waals surface area contributed by atoms with Gasteiger partial charge in [-0.15, -0.1) is 13.2 Å². The van der Waals surface area contributed by atoms with E-state index in [1.54, 1.807) is 6.07 Å². The molecule has 0 aliphatic rings. The molecule has 0 saturated heterocycles. The number of carbonyl (C=O) groups excluding carboxylic acids is 1. The molecule has 0 atom stereocenters. The maximum absolute atomic E-state index is 12.3. The third kappa shape index (κ3) is 6.90. The summed E-state index contributed by atoms with van der Waals surface area (Å²) in [5.41, 5.74) is 5.97. The minimum Gasteiger partial charge on any atom is -0.406 e. The van der Waals surface area contributed by atoms with Crippen LogP contribution in [-0.4, -0.2) is 24.4 Å². The van der Waals surface area contributed by atoms with E-state index in [1.807, 2.05) is 13.8 Å². The average molecular weight is 332 g/mol. The van der Waals surface area contributed by atoms with Crippen molar-refractivity contribution < 1.29 is 22.7 Å². The first-order valence-electron chi connectivity index (χ1n) is 7.58. The summed E-state index contributed by atoms with van der Waals surface area (Å²) in [6, 6.07) is 5.81. The molecule has 23 heavy (non-hydrogen) atoms. The summed E-state index contributed by atoms with van der Waals surface area (Å²) in [5.74, 6) is -0.522. The first-order valence-corrected chi connectivity index (χ1v) is 7.58. The number of hydrogen-bond acceptors (Lipinski definition) is 3. The van der Waals surface area contributed by atoms with Crippen LogP contribution in [0.25, 0.3) is 0 Å². The third-order valence-corrected chi connectivity index (χ3v) is 3.87. The predicted octanol–water partition coefficient (Wildman–Crippen LogP) is 3.15. The van der Waals surface area contributed by atoms with E-state index < -0.39 is 11.9 Å². The van der Waals surface area contributed by atoms with E-state index in [-0.39, 0.29) is 24.5 Å². The van der Waals surface area contributed by atoms with Crippen molar-refractivity contribution in [1.29, 1.82) is 0 Å². The molecule has 1 amide bonds. The zero-order valence-electron chi connectivity index (χ0n) is 13.4. The standard InChI is InChI=1S/C16H23F3N2O2/c1-3-15(20,4-2)11-21-14(22)10-9-12-7-5-6-8-13(12)23-16(17,18)19/h5-8H,3-4,9-11,20H2,1-2H3,(H,21,22). The van der Waals surface area contributed by atoms with Crippen LogP contribution < -0.4 is 15.8 Å². The summed E-state index contributed by atoms with van der Waals surface area (Å²) in [4.78, 5) is 11.9. The Morgan fingerprint density at radius 3 is 2.39 bits per heavy atom. The number of alkyl halides is 3. The van der Waals surface area contributed by atoms with Gasteiger partial charge >= 0.3 is 6.36 Å². The Kier molecular flexibility index (Phi) is 6.87. The molecule has 1 rings (SSSR count). The molecule has 7 heteroatoms. The van der Waals surface area contributed by atoms with E-state index in [4.69, 9.17) is 5.73 Å². The van der Waals surface area contributed by atoms with Gasteiger partial charge in [-0.25, -0.2) is 0 Å². The van der Waals surface area contributed by atoms with Crippen LogP contribution in [0, 0.1) is 0 Å². The van der Waals surface area contributed by atoms with Crippen LogP contribution in [0.2, 0.25) is 0 Å². The third-order valence-electron chi connectivity index (χ3n) is 3.87. The van der Waals surface area contributed by atoms with Gasteiger partial charge in [0, 0.05) is 18.5 Å². The van der Waals surface area contributed by atoms with Crippen LogP contribution in [0.15, 0.2) is 24.3 Å². The number of para-hydroxylation sites is 1. The first kappa shape index (κ1) is 19.3. The van der Waals surface area contributed by atoms with Crippen LogP contribution in [-0.2, 0) is 11.2 Å². The molecule has 0 aliphatic carbocycles. The number of hydrogen-bond donors (Lipinski definition) is 2. The van der Waals surface area contributed by atoms with Crippen LogP contribution >= 0.6 is 0 Å². The Balaban J connectivity index is 2.57. The minimum atomic E-state index is -4.75. The number of ether oxygens (including phenoxy) is 1. The second kappa shape index (κ2) is 8.19. The van der Waals surface area contributed by atoms with E-state index in [2.05, 4.69) is 10.1 Å². The lowest BCUT2D eigenvalue weighted by Crippen LogP contribution is -2.49. The van der Waals surface area contributed by atoms with E-state index in [0.717, 1.165) is 12.8 Å². The van der Waals surface area contributed by atoms with Gasteiger partial charge in [0.25, 0.3) is 0 Å². The fourth-order valence-electron chi connectivity index (χ4n) is 2.05. The molecule has 0 aliphatic heterocycles. The van der Waals surface area contributed by atoms with E-state index in [1.165, 1.54) is 18.2 Å². The van der Waals surface area contributed by atoms with Crippen molar-refractivity contribution in [1.82, 2.24) is 5.32 Å². The Bertz CT molecular complexity index is 514. The van der Waals surface area contributed by atoms with E-state index in [9.17, 15) is 18.0 Å². The van der Waals surface area contributed by atoms with Gasteiger partial charge in [0.2, 0.25) is 5.91 Å². The monoisotopic (exact) mass is 332 g/mol. The van der Waals surface area contributed by atoms with Crippen molar-refractivity contribution in [2.45, 2.75) is 51.4 Å². The number of amides is 1. The topological polar surface area (TPSA) is 64.3 Å². The summed E-state index contributed by atoms with van der Waals surface area (Å²) >= 11 is 0. The van der Waals surface area contributed by atoms with Crippen molar-refractivity contribution in [3.8, 4) is 5.75 Å². The van der Waals surface area contributed by atoms with Crippen molar-refractivity contribution in [3.63, 3.8) is 0 Å². The highest BCUT2D eigenvalue weighted by Crippen LogP contribution is 2.26. The highest BCUT2D eigenvalue weighted by molar-refractivity contribution is 5.76.